The molecule has 0 spiro atoms. The van der Waals surface area contributed by atoms with E-state index < -0.39 is 5.91 Å². The van der Waals surface area contributed by atoms with Gasteiger partial charge in [-0.2, -0.15) is 0 Å². The van der Waals surface area contributed by atoms with Crippen LogP contribution in [-0.4, -0.2) is 19.0 Å². The van der Waals surface area contributed by atoms with Crippen molar-refractivity contribution in [3.05, 3.63) is 41.0 Å². The summed E-state index contributed by atoms with van der Waals surface area (Å²) < 4.78 is 4.60. The number of primary amides is 1. The summed E-state index contributed by atoms with van der Waals surface area (Å²) in [7, 11) is 1.33. The molecule has 1 rings (SSSR count). The number of nitrogens with two attached hydrogens (primary N) is 1. The maximum Gasteiger partial charge on any atom is 0.337 e. The fourth-order valence-corrected chi connectivity index (χ4v) is 1.28. The molecule has 0 heterocycles. The average Bonchev–Trinajstić information content (AvgIpc) is 2.26. The highest BCUT2D eigenvalue weighted by Gasteiger charge is 2.06. The van der Waals surface area contributed by atoms with Gasteiger partial charge in [-0.3, -0.25) is 4.79 Å². The van der Waals surface area contributed by atoms with Crippen LogP contribution >= 0.6 is 0 Å². The normalized spacial score (nSPS) is 10.4. The standard InChI is InChI=1S/C12H13NO3/c1-8-7-10(12(15)16-2)4-3-9(8)5-6-11(13)14/h3-7H,1-2H3,(H2,13,14). The van der Waals surface area contributed by atoms with Gasteiger partial charge in [0.15, 0.2) is 0 Å². The fourth-order valence-electron chi connectivity index (χ4n) is 1.28. The molecule has 0 saturated carbocycles. The Morgan fingerprint density at radius 1 is 1.38 bits per heavy atom. The molecule has 4 heteroatoms. The Labute approximate surface area is 93.7 Å². The molecule has 0 fully saturated rings. The van der Waals surface area contributed by atoms with Crippen molar-refractivity contribution < 1.29 is 14.3 Å². The summed E-state index contributed by atoms with van der Waals surface area (Å²) >= 11 is 0. The number of methoxy groups -OCH3 is 1. The molecule has 84 valence electrons. The third-order valence-electron chi connectivity index (χ3n) is 2.12. The second kappa shape index (κ2) is 5.11. The van der Waals surface area contributed by atoms with Gasteiger partial charge in [0.1, 0.15) is 0 Å². The summed E-state index contributed by atoms with van der Waals surface area (Å²) in [6, 6.07) is 5.08. The molecule has 0 atom stereocenters. The van der Waals surface area contributed by atoms with Gasteiger partial charge < -0.3 is 10.5 Å². The van der Waals surface area contributed by atoms with Gasteiger partial charge >= 0.3 is 5.97 Å². The molecule has 2 N–H and O–H groups in total. The van der Waals surface area contributed by atoms with E-state index in [4.69, 9.17) is 5.73 Å². The van der Waals surface area contributed by atoms with Crippen LogP contribution in [0.15, 0.2) is 24.3 Å². The quantitative estimate of drug-likeness (QED) is 0.615. The minimum Gasteiger partial charge on any atom is -0.465 e. The molecule has 1 aromatic rings. The van der Waals surface area contributed by atoms with E-state index in [0.29, 0.717) is 5.56 Å². The number of carbonyl (C=O) groups excluding carboxylic acids is 2. The number of benzene rings is 1. The zero-order chi connectivity index (χ0) is 12.1. The molecule has 1 aromatic carbocycles. The zero-order valence-corrected chi connectivity index (χ0v) is 9.19. The van der Waals surface area contributed by atoms with Gasteiger partial charge in [0, 0.05) is 6.08 Å². The second-order valence-electron chi connectivity index (χ2n) is 3.30. The monoisotopic (exact) mass is 219 g/mol. The molecule has 0 radical (unpaired) electrons. The first-order chi connectivity index (χ1) is 7.54. The van der Waals surface area contributed by atoms with Crippen LogP contribution in [0, 0.1) is 6.92 Å². The van der Waals surface area contributed by atoms with Crippen molar-refractivity contribution in [2.45, 2.75) is 6.92 Å². The van der Waals surface area contributed by atoms with Gasteiger partial charge in [0.25, 0.3) is 0 Å². The van der Waals surface area contributed by atoms with E-state index >= 15 is 0 Å². The Balaban J connectivity index is 3.00. The van der Waals surface area contributed by atoms with E-state index in [9.17, 15) is 9.59 Å². The minimum absolute atomic E-state index is 0.381. The smallest absolute Gasteiger partial charge is 0.337 e. The SMILES string of the molecule is COC(=O)c1ccc(C=CC(N)=O)c(C)c1. The van der Waals surface area contributed by atoms with Crippen LogP contribution in [0.2, 0.25) is 0 Å². The molecule has 0 bridgehead atoms. The van der Waals surface area contributed by atoms with Crippen molar-refractivity contribution >= 4 is 18.0 Å². The van der Waals surface area contributed by atoms with Gasteiger partial charge in [-0.25, -0.2) is 4.79 Å². The van der Waals surface area contributed by atoms with Crippen molar-refractivity contribution in [1.82, 2.24) is 0 Å². The number of amides is 1. The van der Waals surface area contributed by atoms with Crippen LogP contribution in [0.4, 0.5) is 0 Å². The van der Waals surface area contributed by atoms with Gasteiger partial charge in [-0.1, -0.05) is 6.07 Å². The highest BCUT2D eigenvalue weighted by molar-refractivity contribution is 5.92. The Hall–Kier alpha value is -2.10. The fraction of sp³-hybridized carbons (Fsp3) is 0.167. The summed E-state index contributed by atoms with van der Waals surface area (Å²) in [6.07, 6.45) is 2.89. The number of hydrogen-bond acceptors (Lipinski definition) is 3. The van der Waals surface area contributed by atoms with E-state index in [-0.39, 0.29) is 5.97 Å². The molecule has 0 saturated heterocycles. The van der Waals surface area contributed by atoms with Crippen LogP contribution < -0.4 is 5.73 Å². The molecule has 0 aliphatic carbocycles. The average molecular weight is 219 g/mol. The van der Waals surface area contributed by atoms with Crippen LogP contribution in [0.3, 0.4) is 0 Å². The van der Waals surface area contributed by atoms with Gasteiger partial charge in [-0.15, -0.1) is 0 Å². The van der Waals surface area contributed by atoms with Crippen molar-refractivity contribution in [2.24, 2.45) is 5.73 Å². The van der Waals surface area contributed by atoms with Crippen molar-refractivity contribution in [2.75, 3.05) is 7.11 Å². The molecular weight excluding hydrogens is 206 g/mol. The number of hydrogen-bond donors (Lipinski definition) is 1. The first kappa shape index (κ1) is 12.0. The summed E-state index contributed by atoms with van der Waals surface area (Å²) in [5.74, 6) is -0.884. The summed E-state index contributed by atoms with van der Waals surface area (Å²) in [5, 5.41) is 0. The molecule has 0 aliphatic rings. The molecule has 0 aliphatic heterocycles. The highest BCUT2D eigenvalue weighted by atomic mass is 16.5. The maximum atomic E-state index is 11.2. The molecule has 0 aromatic heterocycles. The number of ether oxygens (including phenoxy) is 1. The Morgan fingerprint density at radius 2 is 2.06 bits per heavy atom. The Morgan fingerprint density at radius 3 is 2.56 bits per heavy atom. The molecule has 4 nitrogen and oxygen atoms in total. The van der Waals surface area contributed by atoms with E-state index in [2.05, 4.69) is 4.74 Å². The first-order valence-electron chi connectivity index (χ1n) is 4.71. The Kier molecular flexibility index (Phi) is 3.83. The number of aryl methyl sites for hydroxylation is 1. The predicted octanol–water partition coefficient (Wildman–Crippen LogP) is 1.28. The van der Waals surface area contributed by atoms with Gasteiger partial charge in [0.05, 0.1) is 12.7 Å². The lowest BCUT2D eigenvalue weighted by Gasteiger charge is -2.03. The Bertz CT molecular complexity index is 450. The summed E-state index contributed by atoms with van der Waals surface area (Å²) in [4.78, 5) is 21.8. The highest BCUT2D eigenvalue weighted by Crippen LogP contribution is 2.13. The number of esters is 1. The van der Waals surface area contributed by atoms with E-state index in [1.54, 1.807) is 24.3 Å². The lowest BCUT2D eigenvalue weighted by molar-refractivity contribution is -0.113. The number of rotatable bonds is 3. The molecule has 16 heavy (non-hydrogen) atoms. The molecule has 1 amide bonds. The van der Waals surface area contributed by atoms with Crippen molar-refractivity contribution in [3.63, 3.8) is 0 Å². The minimum atomic E-state index is -0.503. The lowest BCUT2D eigenvalue weighted by atomic mass is 10.0. The van der Waals surface area contributed by atoms with Crippen molar-refractivity contribution in [1.29, 1.82) is 0 Å². The first-order valence-corrected chi connectivity index (χ1v) is 4.71. The topological polar surface area (TPSA) is 69.4 Å². The van der Waals surface area contributed by atoms with Crippen LogP contribution in [-0.2, 0) is 9.53 Å². The van der Waals surface area contributed by atoms with Crippen molar-refractivity contribution in [3.8, 4) is 0 Å². The third kappa shape index (κ3) is 2.95. The molecular formula is C12H13NO3. The largest absolute Gasteiger partial charge is 0.465 e. The van der Waals surface area contributed by atoms with E-state index in [1.807, 2.05) is 6.92 Å². The van der Waals surface area contributed by atoms with E-state index in [0.717, 1.165) is 11.1 Å². The predicted molar refractivity (Wildman–Crippen MR) is 60.7 cm³/mol. The van der Waals surface area contributed by atoms with Gasteiger partial charge in [-0.05, 0) is 36.3 Å². The zero-order valence-electron chi connectivity index (χ0n) is 9.19. The van der Waals surface area contributed by atoms with Crippen LogP contribution in [0.25, 0.3) is 6.08 Å². The second-order valence-corrected chi connectivity index (χ2v) is 3.30. The number of carbonyl (C=O) groups is 2. The molecule has 0 unspecified atom stereocenters. The summed E-state index contributed by atoms with van der Waals surface area (Å²) in [5.41, 5.74) is 7.19. The van der Waals surface area contributed by atoms with Gasteiger partial charge in [0.2, 0.25) is 5.91 Å². The van der Waals surface area contributed by atoms with Crippen LogP contribution in [0.1, 0.15) is 21.5 Å². The van der Waals surface area contributed by atoms with E-state index in [1.165, 1.54) is 13.2 Å². The maximum absolute atomic E-state index is 11.2. The summed E-state index contributed by atoms with van der Waals surface area (Å²) in [6.45, 7) is 1.84. The van der Waals surface area contributed by atoms with Crippen LogP contribution in [0.5, 0.6) is 0 Å². The third-order valence-corrected chi connectivity index (χ3v) is 2.12. The lowest BCUT2D eigenvalue weighted by Crippen LogP contribution is -2.05.